The molecule has 3 aromatic rings. The van der Waals surface area contributed by atoms with Gasteiger partial charge in [-0.25, -0.2) is 0 Å². The molecule has 1 heterocycles. The Balaban J connectivity index is 1.93. The molecule has 0 aliphatic carbocycles. The maximum absolute atomic E-state index is 12.7. The number of nitrogens with zero attached hydrogens (tertiary/aromatic N) is 1. The monoisotopic (exact) mass is 340 g/mol. The molecule has 1 N–H and O–H groups in total. The Hall–Kier alpha value is -2.40. The first-order valence-corrected chi connectivity index (χ1v) is 8.76. The van der Waals surface area contributed by atoms with Crippen molar-refractivity contribution in [3.8, 4) is 0 Å². The fourth-order valence-corrected chi connectivity index (χ4v) is 4.08. The first-order valence-electron chi connectivity index (χ1n) is 7.99. The first kappa shape index (κ1) is 16.5. The number of anilines is 1. The summed E-state index contributed by atoms with van der Waals surface area (Å²) >= 11 is 1.35. The van der Waals surface area contributed by atoms with Crippen molar-refractivity contribution in [2.75, 3.05) is 5.32 Å². The van der Waals surface area contributed by atoms with E-state index in [9.17, 15) is 9.59 Å². The highest BCUT2D eigenvalue weighted by atomic mass is 32.1. The molecule has 1 atom stereocenters. The number of hydrogen-bond acceptors (Lipinski definition) is 3. The molecule has 24 heavy (non-hydrogen) atoms. The molecule has 0 saturated carbocycles. The van der Waals surface area contributed by atoms with Crippen molar-refractivity contribution < 1.29 is 4.79 Å². The Bertz CT molecular complexity index is 935. The molecule has 0 aliphatic rings. The van der Waals surface area contributed by atoms with Crippen molar-refractivity contribution in [3.63, 3.8) is 0 Å². The summed E-state index contributed by atoms with van der Waals surface area (Å²) in [6.07, 6.45) is 0.559. The van der Waals surface area contributed by atoms with Crippen molar-refractivity contribution in [1.29, 1.82) is 0 Å². The second-order valence-corrected chi connectivity index (χ2v) is 7.02. The number of aryl methyl sites for hydroxylation is 2. The minimum atomic E-state index is -0.504. The fraction of sp³-hybridized carbons (Fsp3) is 0.263. The number of rotatable bonds is 4. The van der Waals surface area contributed by atoms with Gasteiger partial charge in [0, 0.05) is 5.69 Å². The summed E-state index contributed by atoms with van der Waals surface area (Å²) in [5, 5.41) is 3.62. The van der Waals surface area contributed by atoms with Crippen LogP contribution in [0.5, 0.6) is 0 Å². The van der Waals surface area contributed by atoms with E-state index in [1.807, 2.05) is 51.1 Å². The normalized spacial score (nSPS) is 12.3. The van der Waals surface area contributed by atoms with Crippen LogP contribution >= 0.6 is 11.5 Å². The Morgan fingerprint density at radius 3 is 2.46 bits per heavy atom. The van der Waals surface area contributed by atoms with Crippen LogP contribution in [0.4, 0.5) is 5.69 Å². The van der Waals surface area contributed by atoms with Crippen LogP contribution in [0.25, 0.3) is 10.1 Å². The van der Waals surface area contributed by atoms with Gasteiger partial charge in [-0.3, -0.25) is 13.5 Å². The molecule has 0 saturated heterocycles. The van der Waals surface area contributed by atoms with Crippen molar-refractivity contribution >= 4 is 33.2 Å². The SMILES string of the molecule is CCC(C(=O)Nc1cc(C)cc(C)c1)n1sc2ccccc2c1=O. The predicted octanol–water partition coefficient (Wildman–Crippen LogP) is 4.27. The maximum Gasteiger partial charge on any atom is 0.269 e. The maximum atomic E-state index is 12.7. The zero-order chi connectivity index (χ0) is 17.3. The van der Waals surface area contributed by atoms with Gasteiger partial charge in [-0.15, -0.1) is 0 Å². The van der Waals surface area contributed by atoms with Crippen LogP contribution in [0.1, 0.15) is 30.5 Å². The molecular formula is C19H20N2O2S. The molecule has 0 spiro atoms. The van der Waals surface area contributed by atoms with Crippen molar-refractivity contribution in [2.24, 2.45) is 0 Å². The molecule has 2 aromatic carbocycles. The third kappa shape index (κ3) is 3.12. The van der Waals surface area contributed by atoms with Crippen LogP contribution in [0.2, 0.25) is 0 Å². The van der Waals surface area contributed by atoms with E-state index in [0.29, 0.717) is 11.8 Å². The largest absolute Gasteiger partial charge is 0.324 e. The van der Waals surface area contributed by atoms with E-state index in [2.05, 4.69) is 11.4 Å². The fourth-order valence-electron chi connectivity index (χ4n) is 2.92. The highest BCUT2D eigenvalue weighted by molar-refractivity contribution is 7.14. The molecule has 1 aromatic heterocycles. The number of fused-ring (bicyclic) bond motifs is 1. The number of hydrogen-bond donors (Lipinski definition) is 1. The average Bonchev–Trinajstić information content (AvgIpc) is 2.84. The van der Waals surface area contributed by atoms with Crippen LogP contribution < -0.4 is 10.9 Å². The summed E-state index contributed by atoms with van der Waals surface area (Å²) in [7, 11) is 0. The van der Waals surface area contributed by atoms with Gasteiger partial charge in [0.25, 0.3) is 5.56 Å². The summed E-state index contributed by atoms with van der Waals surface area (Å²) < 4.78 is 2.49. The van der Waals surface area contributed by atoms with Crippen molar-refractivity contribution in [3.05, 3.63) is 63.9 Å². The Morgan fingerprint density at radius 2 is 1.83 bits per heavy atom. The lowest BCUT2D eigenvalue weighted by Gasteiger charge is -2.15. The molecule has 0 fully saturated rings. The van der Waals surface area contributed by atoms with Crippen LogP contribution in [0.15, 0.2) is 47.3 Å². The van der Waals surface area contributed by atoms with E-state index in [0.717, 1.165) is 21.5 Å². The third-order valence-electron chi connectivity index (χ3n) is 3.98. The molecule has 0 bridgehead atoms. The number of carbonyl (C=O) groups is 1. The molecule has 1 unspecified atom stereocenters. The van der Waals surface area contributed by atoms with E-state index in [1.54, 1.807) is 10.0 Å². The van der Waals surface area contributed by atoms with E-state index < -0.39 is 6.04 Å². The second-order valence-electron chi connectivity index (χ2n) is 6.01. The summed E-state index contributed by atoms with van der Waals surface area (Å²) in [5.41, 5.74) is 2.86. The molecule has 0 radical (unpaired) electrons. The average molecular weight is 340 g/mol. The van der Waals surface area contributed by atoms with Gasteiger partial charge in [0.15, 0.2) is 0 Å². The number of aromatic nitrogens is 1. The van der Waals surface area contributed by atoms with Crippen LogP contribution in [-0.4, -0.2) is 9.86 Å². The van der Waals surface area contributed by atoms with Crippen LogP contribution in [0.3, 0.4) is 0 Å². The van der Waals surface area contributed by atoms with Crippen molar-refractivity contribution in [2.45, 2.75) is 33.2 Å². The number of amides is 1. The molecule has 3 rings (SSSR count). The summed E-state index contributed by atoms with van der Waals surface area (Å²) in [6, 6.07) is 12.9. The number of carbonyl (C=O) groups excluding carboxylic acids is 1. The third-order valence-corrected chi connectivity index (χ3v) is 5.15. The zero-order valence-electron chi connectivity index (χ0n) is 14.0. The van der Waals surface area contributed by atoms with Gasteiger partial charge in [-0.05, 0) is 55.7 Å². The van der Waals surface area contributed by atoms with Gasteiger partial charge in [-0.2, -0.15) is 0 Å². The van der Waals surface area contributed by atoms with Crippen LogP contribution in [-0.2, 0) is 4.79 Å². The van der Waals surface area contributed by atoms with Gasteiger partial charge in [-0.1, -0.05) is 36.7 Å². The van der Waals surface area contributed by atoms with E-state index in [-0.39, 0.29) is 11.5 Å². The Labute approximate surface area is 144 Å². The van der Waals surface area contributed by atoms with Gasteiger partial charge in [0.2, 0.25) is 5.91 Å². The van der Waals surface area contributed by atoms with E-state index >= 15 is 0 Å². The standard InChI is InChI=1S/C19H20N2O2S/c1-4-16(18(22)20-14-10-12(2)9-13(3)11-14)21-19(23)15-7-5-6-8-17(15)24-21/h5-11,16H,4H2,1-3H3,(H,20,22). The topological polar surface area (TPSA) is 51.1 Å². The van der Waals surface area contributed by atoms with E-state index in [4.69, 9.17) is 0 Å². The molecular weight excluding hydrogens is 320 g/mol. The summed E-state index contributed by atoms with van der Waals surface area (Å²) in [6.45, 7) is 5.91. The molecule has 124 valence electrons. The minimum Gasteiger partial charge on any atom is -0.324 e. The second kappa shape index (κ2) is 6.61. The van der Waals surface area contributed by atoms with Crippen molar-refractivity contribution in [1.82, 2.24) is 3.96 Å². The highest BCUT2D eigenvalue weighted by Gasteiger charge is 2.22. The first-order chi connectivity index (χ1) is 11.5. The predicted molar refractivity (Wildman–Crippen MR) is 100.0 cm³/mol. The minimum absolute atomic E-state index is 0.0991. The Morgan fingerprint density at radius 1 is 1.17 bits per heavy atom. The van der Waals surface area contributed by atoms with Gasteiger partial charge >= 0.3 is 0 Å². The summed E-state index contributed by atoms with van der Waals surface area (Å²) in [4.78, 5) is 25.3. The zero-order valence-corrected chi connectivity index (χ0v) is 14.8. The molecule has 0 aliphatic heterocycles. The molecule has 5 heteroatoms. The number of benzene rings is 2. The van der Waals surface area contributed by atoms with Gasteiger partial charge < -0.3 is 5.32 Å². The lowest BCUT2D eigenvalue weighted by molar-refractivity contribution is -0.119. The number of nitrogens with one attached hydrogen (secondary N) is 1. The Kier molecular flexibility index (Phi) is 4.53. The lowest BCUT2D eigenvalue weighted by atomic mass is 10.1. The quantitative estimate of drug-likeness (QED) is 0.771. The van der Waals surface area contributed by atoms with E-state index in [1.165, 1.54) is 11.5 Å². The molecule has 1 amide bonds. The highest BCUT2D eigenvalue weighted by Crippen LogP contribution is 2.23. The van der Waals surface area contributed by atoms with Crippen LogP contribution in [0, 0.1) is 13.8 Å². The smallest absolute Gasteiger partial charge is 0.269 e. The van der Waals surface area contributed by atoms with Gasteiger partial charge in [0.05, 0.1) is 10.1 Å². The molecule has 4 nitrogen and oxygen atoms in total. The van der Waals surface area contributed by atoms with Gasteiger partial charge in [0.1, 0.15) is 6.04 Å². The lowest BCUT2D eigenvalue weighted by Crippen LogP contribution is -2.30. The summed E-state index contributed by atoms with van der Waals surface area (Å²) in [5.74, 6) is -0.156.